The van der Waals surface area contributed by atoms with Crippen molar-refractivity contribution in [1.82, 2.24) is 4.90 Å². The van der Waals surface area contributed by atoms with Crippen molar-refractivity contribution in [3.05, 3.63) is 35.4 Å². The second kappa shape index (κ2) is 2.85. The van der Waals surface area contributed by atoms with E-state index in [9.17, 15) is 18.7 Å². The molecule has 5 heteroatoms. The normalized spacial score (nSPS) is 33.8. The Morgan fingerprint density at radius 1 is 1.41 bits per heavy atom. The van der Waals surface area contributed by atoms with Gasteiger partial charge in [0.25, 0.3) is 5.91 Å². The molecule has 2 aliphatic heterocycles. The fourth-order valence-corrected chi connectivity index (χ4v) is 2.72. The van der Waals surface area contributed by atoms with Crippen molar-refractivity contribution in [2.75, 3.05) is 6.54 Å². The van der Waals surface area contributed by atoms with Crippen LogP contribution in [0.25, 0.3) is 0 Å². The monoisotopic (exact) mass is 239 g/mol. The predicted octanol–water partition coefficient (Wildman–Crippen LogP) is 1.57. The molecule has 0 aromatic heterocycles. The van der Waals surface area contributed by atoms with E-state index in [1.807, 2.05) is 0 Å². The number of halogens is 2. The average Bonchev–Trinajstić information content (AvgIpc) is 2.63. The van der Waals surface area contributed by atoms with Crippen LogP contribution in [-0.2, 0) is 5.72 Å². The quantitative estimate of drug-likeness (QED) is 0.746. The predicted molar refractivity (Wildman–Crippen MR) is 55.5 cm³/mol. The second-order valence-corrected chi connectivity index (χ2v) is 4.66. The van der Waals surface area contributed by atoms with Crippen LogP contribution >= 0.6 is 0 Å². The van der Waals surface area contributed by atoms with Crippen LogP contribution in [-0.4, -0.2) is 28.4 Å². The molecule has 2 aliphatic rings. The summed E-state index contributed by atoms with van der Waals surface area (Å²) in [5.74, 6) is -4.90. The summed E-state index contributed by atoms with van der Waals surface area (Å²) < 4.78 is 28.2. The fraction of sp³-hybridized carbons (Fsp3) is 0.417. The molecule has 2 atom stereocenters. The molecule has 1 saturated heterocycles. The van der Waals surface area contributed by atoms with Crippen molar-refractivity contribution < 1.29 is 18.7 Å². The van der Waals surface area contributed by atoms with Crippen molar-refractivity contribution in [3.63, 3.8) is 0 Å². The van der Waals surface area contributed by atoms with Crippen molar-refractivity contribution in [2.45, 2.75) is 18.6 Å². The molecule has 90 valence electrons. The summed E-state index contributed by atoms with van der Waals surface area (Å²) in [7, 11) is 0. The molecule has 0 aliphatic carbocycles. The van der Waals surface area contributed by atoms with E-state index in [2.05, 4.69) is 0 Å². The molecule has 17 heavy (non-hydrogen) atoms. The third-order valence-electron chi connectivity index (χ3n) is 3.71. The summed E-state index contributed by atoms with van der Waals surface area (Å²) >= 11 is 0. The molecular formula is C12H11F2NO2. The van der Waals surface area contributed by atoms with Crippen LogP contribution in [0.1, 0.15) is 22.8 Å². The molecule has 0 bridgehead atoms. The van der Waals surface area contributed by atoms with Gasteiger partial charge in [-0.3, -0.25) is 4.79 Å². The number of fused-ring (bicyclic) bond motifs is 3. The number of carbonyl (C=O) groups excluding carboxylic acids is 1. The zero-order chi connectivity index (χ0) is 12.4. The summed E-state index contributed by atoms with van der Waals surface area (Å²) in [6.45, 7) is 1.21. The minimum absolute atomic E-state index is 0.0133. The average molecular weight is 239 g/mol. The Morgan fingerprint density at radius 2 is 2.06 bits per heavy atom. The maximum Gasteiger partial charge on any atom is 0.303 e. The van der Waals surface area contributed by atoms with Crippen molar-refractivity contribution in [2.24, 2.45) is 5.92 Å². The minimum atomic E-state index is -3.32. The van der Waals surface area contributed by atoms with Gasteiger partial charge in [-0.15, -0.1) is 0 Å². The van der Waals surface area contributed by atoms with Gasteiger partial charge < -0.3 is 10.0 Å². The van der Waals surface area contributed by atoms with E-state index >= 15 is 0 Å². The van der Waals surface area contributed by atoms with E-state index in [0.29, 0.717) is 0 Å². The Balaban J connectivity index is 2.29. The SMILES string of the molecule is C[C@H]1CN2C(=O)c3ccccc3[C@@]2(O)C1(F)F. The lowest BCUT2D eigenvalue weighted by molar-refractivity contribution is -0.219. The third-order valence-corrected chi connectivity index (χ3v) is 3.71. The number of rotatable bonds is 0. The molecule has 3 nitrogen and oxygen atoms in total. The van der Waals surface area contributed by atoms with E-state index < -0.39 is 23.5 Å². The third kappa shape index (κ3) is 0.965. The highest BCUT2D eigenvalue weighted by molar-refractivity contribution is 6.00. The van der Waals surface area contributed by atoms with Crippen LogP contribution in [0.5, 0.6) is 0 Å². The summed E-state index contributed by atoms with van der Waals surface area (Å²) in [6.07, 6.45) is 0. The maximum atomic E-state index is 14.1. The molecule has 0 spiro atoms. The summed E-state index contributed by atoms with van der Waals surface area (Å²) in [4.78, 5) is 12.8. The van der Waals surface area contributed by atoms with Crippen LogP contribution in [0.2, 0.25) is 0 Å². The van der Waals surface area contributed by atoms with Gasteiger partial charge in [0.15, 0.2) is 0 Å². The first-order valence-corrected chi connectivity index (χ1v) is 5.42. The first-order valence-electron chi connectivity index (χ1n) is 5.42. The van der Waals surface area contributed by atoms with Crippen LogP contribution in [0, 0.1) is 5.92 Å². The Kier molecular flexibility index (Phi) is 1.78. The number of alkyl halides is 2. The summed E-state index contributed by atoms with van der Waals surface area (Å²) in [5, 5.41) is 10.3. The molecule has 1 fully saturated rings. The number of hydrogen-bond donors (Lipinski definition) is 1. The number of aliphatic hydroxyl groups is 1. The van der Waals surface area contributed by atoms with E-state index in [1.54, 1.807) is 12.1 Å². The lowest BCUT2D eigenvalue weighted by atomic mass is 9.92. The van der Waals surface area contributed by atoms with E-state index in [4.69, 9.17) is 0 Å². The molecule has 0 unspecified atom stereocenters. The Morgan fingerprint density at radius 3 is 2.76 bits per heavy atom. The molecule has 1 aromatic carbocycles. The topological polar surface area (TPSA) is 40.5 Å². The van der Waals surface area contributed by atoms with Gasteiger partial charge in [0, 0.05) is 23.6 Å². The van der Waals surface area contributed by atoms with Crippen molar-refractivity contribution >= 4 is 5.91 Å². The highest BCUT2D eigenvalue weighted by Gasteiger charge is 2.71. The second-order valence-electron chi connectivity index (χ2n) is 4.66. The van der Waals surface area contributed by atoms with Gasteiger partial charge in [-0.25, -0.2) is 8.78 Å². The molecule has 1 N–H and O–H groups in total. The largest absolute Gasteiger partial charge is 0.362 e. The minimum Gasteiger partial charge on any atom is -0.362 e. The Bertz CT molecular complexity index is 517. The zero-order valence-corrected chi connectivity index (χ0v) is 9.15. The molecule has 1 amide bonds. The molecule has 0 saturated carbocycles. The summed E-state index contributed by atoms with van der Waals surface area (Å²) in [6, 6.07) is 6.00. The molecular weight excluding hydrogens is 228 g/mol. The van der Waals surface area contributed by atoms with Gasteiger partial charge in [-0.2, -0.15) is 0 Å². The number of benzene rings is 1. The number of hydrogen-bond acceptors (Lipinski definition) is 2. The Hall–Kier alpha value is -1.49. The molecule has 0 radical (unpaired) electrons. The first kappa shape index (κ1) is 10.7. The van der Waals surface area contributed by atoms with Gasteiger partial charge in [0.05, 0.1) is 0 Å². The van der Waals surface area contributed by atoms with Gasteiger partial charge in [-0.1, -0.05) is 25.1 Å². The number of amides is 1. The molecule has 2 heterocycles. The van der Waals surface area contributed by atoms with Crippen LogP contribution in [0.3, 0.4) is 0 Å². The van der Waals surface area contributed by atoms with Gasteiger partial charge >= 0.3 is 5.92 Å². The van der Waals surface area contributed by atoms with Crippen molar-refractivity contribution in [1.29, 1.82) is 0 Å². The first-order chi connectivity index (χ1) is 7.90. The van der Waals surface area contributed by atoms with E-state index in [-0.39, 0.29) is 17.7 Å². The molecule has 3 rings (SSSR count). The van der Waals surface area contributed by atoms with Gasteiger partial charge in [-0.05, 0) is 6.07 Å². The number of carbonyl (C=O) groups is 1. The fourth-order valence-electron chi connectivity index (χ4n) is 2.72. The van der Waals surface area contributed by atoms with E-state index in [1.165, 1.54) is 19.1 Å². The van der Waals surface area contributed by atoms with Crippen LogP contribution in [0.4, 0.5) is 8.78 Å². The maximum absolute atomic E-state index is 14.1. The highest BCUT2D eigenvalue weighted by atomic mass is 19.3. The van der Waals surface area contributed by atoms with E-state index in [0.717, 1.165) is 4.90 Å². The smallest absolute Gasteiger partial charge is 0.303 e. The zero-order valence-electron chi connectivity index (χ0n) is 9.15. The van der Waals surface area contributed by atoms with Crippen LogP contribution in [0.15, 0.2) is 24.3 Å². The van der Waals surface area contributed by atoms with Gasteiger partial charge in [0.1, 0.15) is 0 Å². The lowest BCUT2D eigenvalue weighted by Gasteiger charge is -2.32. The number of nitrogens with zero attached hydrogens (tertiary/aromatic N) is 1. The lowest BCUT2D eigenvalue weighted by Crippen LogP contribution is -2.49. The summed E-state index contributed by atoms with van der Waals surface area (Å²) in [5.41, 5.74) is -2.29. The van der Waals surface area contributed by atoms with Crippen LogP contribution < -0.4 is 0 Å². The Labute approximate surface area is 96.7 Å². The van der Waals surface area contributed by atoms with Gasteiger partial charge in [0.2, 0.25) is 5.72 Å². The molecule has 1 aromatic rings. The highest BCUT2D eigenvalue weighted by Crippen LogP contribution is 2.55. The standard InChI is InChI=1S/C12H11F2NO2/c1-7-6-15-10(16)8-4-2-3-5-9(8)12(15,17)11(7,13)14/h2-5,7,17H,6H2,1H3/t7-,12+/m0/s1. The van der Waals surface area contributed by atoms with Crippen molar-refractivity contribution in [3.8, 4) is 0 Å².